The quantitative estimate of drug-likeness (QED) is 0.656. The first-order valence-corrected chi connectivity index (χ1v) is 10.4. The molecule has 1 amide bonds. The van der Waals surface area contributed by atoms with Gasteiger partial charge in [0.15, 0.2) is 11.5 Å². The van der Waals surface area contributed by atoms with Gasteiger partial charge in [0.25, 0.3) is 5.56 Å². The van der Waals surface area contributed by atoms with Crippen LogP contribution in [0.3, 0.4) is 0 Å². The molecule has 31 heavy (non-hydrogen) atoms. The molecule has 2 aromatic carbocycles. The van der Waals surface area contributed by atoms with Crippen LogP contribution in [0, 0.1) is 0 Å². The van der Waals surface area contributed by atoms with E-state index in [2.05, 4.69) is 10.4 Å². The van der Waals surface area contributed by atoms with Gasteiger partial charge in [-0.1, -0.05) is 23.7 Å². The van der Waals surface area contributed by atoms with Crippen LogP contribution in [0.2, 0.25) is 5.02 Å². The number of benzene rings is 2. The molecule has 1 unspecified atom stereocenters. The van der Waals surface area contributed by atoms with Crippen molar-refractivity contribution in [3.8, 4) is 22.8 Å². The second-order valence-corrected chi connectivity index (χ2v) is 7.70. The number of ether oxygens (including phenoxy) is 2. The zero-order chi connectivity index (χ0) is 21.8. The molecular formula is C23H22ClN3O4. The fourth-order valence-corrected chi connectivity index (χ4v) is 3.42. The van der Waals surface area contributed by atoms with E-state index in [4.69, 9.17) is 21.1 Å². The number of fused-ring (bicyclic) bond motifs is 1. The maximum atomic E-state index is 12.5. The molecule has 0 aliphatic carbocycles. The van der Waals surface area contributed by atoms with Gasteiger partial charge in [0.1, 0.15) is 6.54 Å². The predicted molar refractivity (Wildman–Crippen MR) is 118 cm³/mol. The molecule has 2 heterocycles. The fraction of sp³-hybridized carbons (Fsp3) is 0.261. The highest BCUT2D eigenvalue weighted by molar-refractivity contribution is 6.30. The van der Waals surface area contributed by atoms with E-state index < -0.39 is 0 Å². The van der Waals surface area contributed by atoms with Crippen molar-refractivity contribution in [1.82, 2.24) is 15.1 Å². The van der Waals surface area contributed by atoms with Crippen molar-refractivity contribution in [3.63, 3.8) is 0 Å². The molecule has 160 valence electrons. The van der Waals surface area contributed by atoms with Gasteiger partial charge in [-0.15, -0.1) is 0 Å². The highest BCUT2D eigenvalue weighted by atomic mass is 35.5. The topological polar surface area (TPSA) is 82.5 Å². The number of hydrogen-bond acceptors (Lipinski definition) is 5. The molecule has 0 fully saturated rings. The third kappa shape index (κ3) is 5.06. The molecule has 0 bridgehead atoms. The van der Waals surface area contributed by atoms with Crippen LogP contribution in [-0.2, 0) is 11.3 Å². The van der Waals surface area contributed by atoms with Gasteiger partial charge in [0.05, 0.1) is 24.9 Å². The lowest BCUT2D eigenvalue weighted by atomic mass is 10.1. The van der Waals surface area contributed by atoms with Crippen molar-refractivity contribution >= 4 is 17.5 Å². The molecular weight excluding hydrogens is 418 g/mol. The van der Waals surface area contributed by atoms with Crippen LogP contribution in [0.5, 0.6) is 11.5 Å². The van der Waals surface area contributed by atoms with Crippen LogP contribution in [0.25, 0.3) is 11.3 Å². The minimum Gasteiger partial charge on any atom is -0.490 e. The standard InChI is InChI=1S/C23H22ClN3O4/c1-15(16-3-6-18(24)7-4-16)25-22(28)14-27-23(29)10-8-19(26-27)17-5-9-20-21(13-17)31-12-2-11-30-20/h3-10,13,15H,2,11-12,14H2,1H3,(H,25,28). The molecule has 1 atom stereocenters. The van der Waals surface area contributed by atoms with E-state index in [0.717, 1.165) is 22.2 Å². The maximum Gasteiger partial charge on any atom is 0.267 e. The summed E-state index contributed by atoms with van der Waals surface area (Å²) >= 11 is 5.91. The molecule has 1 aromatic heterocycles. The number of aromatic nitrogens is 2. The molecule has 1 aliphatic heterocycles. The van der Waals surface area contributed by atoms with Crippen LogP contribution in [0.15, 0.2) is 59.4 Å². The van der Waals surface area contributed by atoms with Gasteiger partial charge in [-0.2, -0.15) is 5.10 Å². The van der Waals surface area contributed by atoms with E-state index in [1.165, 1.54) is 6.07 Å². The molecule has 4 rings (SSSR count). The molecule has 0 spiro atoms. The Morgan fingerprint density at radius 3 is 2.61 bits per heavy atom. The second kappa shape index (κ2) is 9.22. The summed E-state index contributed by atoms with van der Waals surface area (Å²) in [5, 5.41) is 7.89. The van der Waals surface area contributed by atoms with Crippen LogP contribution in [-0.4, -0.2) is 28.9 Å². The third-order valence-corrected chi connectivity index (χ3v) is 5.20. The summed E-state index contributed by atoms with van der Waals surface area (Å²) in [7, 11) is 0. The number of rotatable bonds is 5. The van der Waals surface area contributed by atoms with E-state index in [0.29, 0.717) is 35.4 Å². The fourth-order valence-electron chi connectivity index (χ4n) is 3.30. The number of nitrogens with one attached hydrogen (secondary N) is 1. The van der Waals surface area contributed by atoms with Gasteiger partial charge in [-0.25, -0.2) is 4.68 Å². The molecule has 8 heteroatoms. The van der Waals surface area contributed by atoms with Crippen LogP contribution in [0.4, 0.5) is 0 Å². The maximum absolute atomic E-state index is 12.5. The lowest BCUT2D eigenvalue weighted by molar-refractivity contribution is -0.122. The molecule has 1 N–H and O–H groups in total. The molecule has 0 saturated heterocycles. The first-order chi connectivity index (χ1) is 15.0. The van der Waals surface area contributed by atoms with Crippen molar-refractivity contribution < 1.29 is 14.3 Å². The Balaban J connectivity index is 1.50. The van der Waals surface area contributed by atoms with Gasteiger partial charge in [0, 0.05) is 23.1 Å². The van der Waals surface area contributed by atoms with Crippen LogP contribution < -0.4 is 20.3 Å². The monoisotopic (exact) mass is 439 g/mol. The van der Waals surface area contributed by atoms with Gasteiger partial charge < -0.3 is 14.8 Å². The van der Waals surface area contributed by atoms with Crippen molar-refractivity contribution in [3.05, 3.63) is 75.5 Å². The Labute approximate surface area is 184 Å². The average Bonchev–Trinajstić information content (AvgIpc) is 3.00. The molecule has 0 saturated carbocycles. The number of carbonyl (C=O) groups is 1. The Bertz CT molecular complexity index is 1140. The number of hydrogen-bond donors (Lipinski definition) is 1. The number of nitrogens with zero attached hydrogens (tertiary/aromatic N) is 2. The van der Waals surface area contributed by atoms with Gasteiger partial charge in [-0.05, 0) is 48.9 Å². The summed E-state index contributed by atoms with van der Waals surface area (Å²) < 4.78 is 12.5. The minimum absolute atomic E-state index is 0.185. The summed E-state index contributed by atoms with van der Waals surface area (Å²) in [6.07, 6.45) is 0.816. The summed E-state index contributed by atoms with van der Waals surface area (Å²) in [6.45, 7) is 2.87. The molecule has 1 aliphatic rings. The summed E-state index contributed by atoms with van der Waals surface area (Å²) in [5.41, 5.74) is 1.90. The average molecular weight is 440 g/mol. The van der Waals surface area contributed by atoms with E-state index in [9.17, 15) is 9.59 Å². The number of carbonyl (C=O) groups excluding carboxylic acids is 1. The van der Waals surface area contributed by atoms with E-state index in [1.54, 1.807) is 18.2 Å². The highest BCUT2D eigenvalue weighted by Crippen LogP contribution is 2.33. The van der Waals surface area contributed by atoms with E-state index in [1.807, 2.05) is 37.3 Å². The van der Waals surface area contributed by atoms with E-state index >= 15 is 0 Å². The van der Waals surface area contributed by atoms with Crippen LogP contribution in [0.1, 0.15) is 24.9 Å². The Kier molecular flexibility index (Phi) is 6.23. The van der Waals surface area contributed by atoms with Crippen molar-refractivity contribution in [2.45, 2.75) is 25.9 Å². The first kappa shape index (κ1) is 20.9. The zero-order valence-electron chi connectivity index (χ0n) is 17.0. The predicted octanol–water partition coefficient (Wildman–Crippen LogP) is 3.60. The second-order valence-electron chi connectivity index (χ2n) is 7.27. The zero-order valence-corrected chi connectivity index (χ0v) is 17.8. The van der Waals surface area contributed by atoms with Gasteiger partial charge in [-0.3, -0.25) is 9.59 Å². The van der Waals surface area contributed by atoms with Crippen molar-refractivity contribution in [1.29, 1.82) is 0 Å². The normalized spacial score (nSPS) is 13.9. The van der Waals surface area contributed by atoms with Crippen molar-refractivity contribution in [2.75, 3.05) is 13.2 Å². The Hall–Kier alpha value is -3.32. The van der Waals surface area contributed by atoms with Gasteiger partial charge in [0.2, 0.25) is 5.91 Å². The summed E-state index contributed by atoms with van der Waals surface area (Å²) in [4.78, 5) is 24.8. The molecule has 3 aromatic rings. The molecule has 7 nitrogen and oxygen atoms in total. The third-order valence-electron chi connectivity index (χ3n) is 4.95. The minimum atomic E-state index is -0.354. The van der Waals surface area contributed by atoms with Crippen LogP contribution >= 0.6 is 11.6 Å². The van der Waals surface area contributed by atoms with E-state index in [-0.39, 0.29) is 24.1 Å². The lowest BCUT2D eigenvalue weighted by Crippen LogP contribution is -2.34. The number of amides is 1. The SMILES string of the molecule is CC(NC(=O)Cn1nc(-c2ccc3c(c2)OCCCO3)ccc1=O)c1ccc(Cl)cc1. The largest absolute Gasteiger partial charge is 0.490 e. The van der Waals surface area contributed by atoms with Gasteiger partial charge >= 0.3 is 0 Å². The summed E-state index contributed by atoms with van der Waals surface area (Å²) in [6, 6.07) is 15.6. The highest BCUT2D eigenvalue weighted by Gasteiger charge is 2.15. The first-order valence-electron chi connectivity index (χ1n) is 10.0. The summed E-state index contributed by atoms with van der Waals surface area (Å²) in [5.74, 6) is 1.02. The lowest BCUT2D eigenvalue weighted by Gasteiger charge is -2.15. The Morgan fingerprint density at radius 1 is 1.10 bits per heavy atom. The molecule has 0 radical (unpaired) electrons. The van der Waals surface area contributed by atoms with Crippen molar-refractivity contribution in [2.24, 2.45) is 0 Å². The smallest absolute Gasteiger partial charge is 0.267 e. The number of halogens is 1. The Morgan fingerprint density at radius 2 is 1.84 bits per heavy atom.